The van der Waals surface area contributed by atoms with Gasteiger partial charge in [0.25, 0.3) is 0 Å². The summed E-state index contributed by atoms with van der Waals surface area (Å²) < 4.78 is 12.7. The summed E-state index contributed by atoms with van der Waals surface area (Å²) in [6.07, 6.45) is 1.56. The van der Waals surface area contributed by atoms with Crippen LogP contribution < -0.4 is 5.73 Å². The number of aryl methyl sites for hydroxylation is 1. The zero-order valence-corrected chi connectivity index (χ0v) is 6.55. The third-order valence-corrected chi connectivity index (χ3v) is 2.30. The second-order valence-electron chi connectivity index (χ2n) is 3.14. The highest BCUT2D eigenvalue weighted by Crippen LogP contribution is 2.36. The Morgan fingerprint density at radius 3 is 3.00 bits per heavy atom. The number of phenols is 1. The van der Waals surface area contributed by atoms with Crippen LogP contribution in [0, 0.1) is 5.82 Å². The van der Waals surface area contributed by atoms with Crippen LogP contribution in [0.1, 0.15) is 23.6 Å². The summed E-state index contributed by atoms with van der Waals surface area (Å²) in [5.41, 5.74) is 7.28. The number of halogens is 1. The SMILES string of the molecule is N[C@@H]1CCc2cc(F)cc(O)c21. The van der Waals surface area contributed by atoms with Crippen molar-refractivity contribution in [3.05, 3.63) is 29.1 Å². The van der Waals surface area contributed by atoms with E-state index in [-0.39, 0.29) is 17.6 Å². The summed E-state index contributed by atoms with van der Waals surface area (Å²) >= 11 is 0. The maximum absolute atomic E-state index is 12.7. The average Bonchev–Trinajstić information content (AvgIpc) is 2.31. The van der Waals surface area contributed by atoms with Gasteiger partial charge in [0.15, 0.2) is 0 Å². The topological polar surface area (TPSA) is 46.2 Å². The molecule has 0 fully saturated rings. The number of rotatable bonds is 0. The van der Waals surface area contributed by atoms with Crippen molar-refractivity contribution in [1.82, 2.24) is 0 Å². The van der Waals surface area contributed by atoms with Gasteiger partial charge >= 0.3 is 0 Å². The van der Waals surface area contributed by atoms with Crippen molar-refractivity contribution in [1.29, 1.82) is 0 Å². The van der Waals surface area contributed by atoms with E-state index in [1.165, 1.54) is 6.07 Å². The molecule has 0 spiro atoms. The molecule has 0 bridgehead atoms. The van der Waals surface area contributed by atoms with Crippen LogP contribution in [0.15, 0.2) is 12.1 Å². The van der Waals surface area contributed by atoms with E-state index in [0.29, 0.717) is 0 Å². The van der Waals surface area contributed by atoms with Crippen LogP contribution in [0.25, 0.3) is 0 Å². The van der Waals surface area contributed by atoms with Gasteiger partial charge in [0.1, 0.15) is 11.6 Å². The quantitative estimate of drug-likeness (QED) is 0.614. The van der Waals surface area contributed by atoms with Crippen molar-refractivity contribution in [2.45, 2.75) is 18.9 Å². The molecule has 1 aliphatic rings. The van der Waals surface area contributed by atoms with E-state index in [1.54, 1.807) is 0 Å². The monoisotopic (exact) mass is 167 g/mol. The molecule has 1 aromatic carbocycles. The minimum atomic E-state index is -0.389. The molecular weight excluding hydrogens is 157 g/mol. The van der Waals surface area contributed by atoms with Gasteiger partial charge in [-0.15, -0.1) is 0 Å². The Morgan fingerprint density at radius 1 is 1.50 bits per heavy atom. The van der Waals surface area contributed by atoms with Crippen molar-refractivity contribution >= 4 is 0 Å². The fourth-order valence-electron chi connectivity index (χ4n) is 1.75. The Balaban J connectivity index is 2.60. The van der Waals surface area contributed by atoms with E-state index < -0.39 is 0 Å². The minimum Gasteiger partial charge on any atom is -0.507 e. The van der Waals surface area contributed by atoms with Crippen LogP contribution in [0.3, 0.4) is 0 Å². The first-order chi connectivity index (χ1) is 5.68. The second kappa shape index (κ2) is 2.45. The summed E-state index contributed by atoms with van der Waals surface area (Å²) in [6.45, 7) is 0. The molecule has 0 unspecified atom stereocenters. The Morgan fingerprint density at radius 2 is 2.25 bits per heavy atom. The number of aromatic hydroxyl groups is 1. The van der Waals surface area contributed by atoms with E-state index in [9.17, 15) is 9.50 Å². The molecule has 1 aromatic rings. The van der Waals surface area contributed by atoms with Gasteiger partial charge in [0.2, 0.25) is 0 Å². The van der Waals surface area contributed by atoms with Gasteiger partial charge in [-0.3, -0.25) is 0 Å². The molecule has 3 heteroatoms. The van der Waals surface area contributed by atoms with Gasteiger partial charge < -0.3 is 10.8 Å². The molecule has 1 atom stereocenters. The van der Waals surface area contributed by atoms with E-state index in [0.717, 1.165) is 30.0 Å². The molecule has 0 aromatic heterocycles. The standard InChI is InChI=1S/C9H10FNO/c10-6-3-5-1-2-7(11)9(5)8(12)4-6/h3-4,7,12H,1-2,11H2/t7-/m1/s1. The molecule has 12 heavy (non-hydrogen) atoms. The molecule has 2 rings (SSSR count). The second-order valence-corrected chi connectivity index (χ2v) is 3.14. The molecule has 64 valence electrons. The van der Waals surface area contributed by atoms with Gasteiger partial charge in [0, 0.05) is 17.7 Å². The Labute approximate surface area is 69.8 Å². The highest BCUT2D eigenvalue weighted by molar-refractivity contribution is 5.44. The zero-order chi connectivity index (χ0) is 8.72. The molecule has 0 radical (unpaired) electrons. The molecule has 3 N–H and O–H groups in total. The van der Waals surface area contributed by atoms with E-state index in [2.05, 4.69) is 0 Å². The van der Waals surface area contributed by atoms with Gasteiger partial charge in [0.05, 0.1) is 0 Å². The summed E-state index contributed by atoms with van der Waals surface area (Å²) in [5.74, 6) is -0.393. The number of phenolic OH excluding ortho intramolecular Hbond substituents is 1. The zero-order valence-electron chi connectivity index (χ0n) is 6.55. The predicted octanol–water partition coefficient (Wildman–Crippen LogP) is 1.48. The number of nitrogens with two attached hydrogens (primary N) is 1. The maximum Gasteiger partial charge on any atom is 0.127 e. The highest BCUT2D eigenvalue weighted by atomic mass is 19.1. The fourth-order valence-corrected chi connectivity index (χ4v) is 1.75. The normalized spacial score (nSPS) is 21.0. The van der Waals surface area contributed by atoms with Crippen LogP contribution in [0.2, 0.25) is 0 Å². The first-order valence-electron chi connectivity index (χ1n) is 3.95. The molecule has 0 saturated heterocycles. The van der Waals surface area contributed by atoms with Crippen molar-refractivity contribution in [3.63, 3.8) is 0 Å². The van der Waals surface area contributed by atoms with Crippen LogP contribution in [0.5, 0.6) is 5.75 Å². The molecular formula is C9H10FNO. The molecule has 0 heterocycles. The molecule has 2 nitrogen and oxygen atoms in total. The summed E-state index contributed by atoms with van der Waals surface area (Å²) in [6, 6.07) is 2.44. The van der Waals surface area contributed by atoms with Crippen molar-refractivity contribution in [3.8, 4) is 5.75 Å². The van der Waals surface area contributed by atoms with Crippen LogP contribution in [-0.2, 0) is 6.42 Å². The van der Waals surface area contributed by atoms with Crippen molar-refractivity contribution in [2.75, 3.05) is 0 Å². The lowest BCUT2D eigenvalue weighted by Gasteiger charge is -2.06. The largest absolute Gasteiger partial charge is 0.507 e. The predicted molar refractivity (Wildman–Crippen MR) is 43.3 cm³/mol. The lowest BCUT2D eigenvalue weighted by Crippen LogP contribution is -2.05. The third kappa shape index (κ3) is 0.975. The number of fused-ring (bicyclic) bond motifs is 1. The molecule has 0 aliphatic heterocycles. The average molecular weight is 167 g/mol. The van der Waals surface area contributed by atoms with Crippen LogP contribution in [0.4, 0.5) is 4.39 Å². The van der Waals surface area contributed by atoms with E-state index in [4.69, 9.17) is 5.73 Å². The summed E-state index contributed by atoms with van der Waals surface area (Å²) in [5, 5.41) is 9.36. The lowest BCUT2D eigenvalue weighted by atomic mass is 10.1. The highest BCUT2D eigenvalue weighted by Gasteiger charge is 2.23. The molecule has 1 aliphatic carbocycles. The van der Waals surface area contributed by atoms with E-state index in [1.807, 2.05) is 0 Å². The van der Waals surface area contributed by atoms with Gasteiger partial charge in [-0.1, -0.05) is 0 Å². The first kappa shape index (κ1) is 7.55. The summed E-state index contributed by atoms with van der Waals surface area (Å²) in [7, 11) is 0. The first-order valence-corrected chi connectivity index (χ1v) is 3.95. The number of hydrogen-bond donors (Lipinski definition) is 2. The van der Waals surface area contributed by atoms with Crippen molar-refractivity contribution < 1.29 is 9.50 Å². The number of benzene rings is 1. The van der Waals surface area contributed by atoms with Gasteiger partial charge in [-0.25, -0.2) is 4.39 Å². The van der Waals surface area contributed by atoms with Gasteiger partial charge in [-0.05, 0) is 24.5 Å². The number of hydrogen-bond acceptors (Lipinski definition) is 2. The van der Waals surface area contributed by atoms with Crippen molar-refractivity contribution in [2.24, 2.45) is 5.73 Å². The van der Waals surface area contributed by atoms with E-state index >= 15 is 0 Å². The Hall–Kier alpha value is -1.09. The van der Waals surface area contributed by atoms with Crippen LogP contribution in [-0.4, -0.2) is 5.11 Å². The Bertz CT molecular complexity index is 325. The third-order valence-electron chi connectivity index (χ3n) is 2.30. The fraction of sp³-hybridized carbons (Fsp3) is 0.333. The Kier molecular flexibility index (Phi) is 1.54. The minimum absolute atomic E-state index is 0.00463. The van der Waals surface area contributed by atoms with Gasteiger partial charge in [-0.2, -0.15) is 0 Å². The lowest BCUT2D eigenvalue weighted by molar-refractivity contribution is 0.458. The molecule has 0 saturated carbocycles. The van der Waals surface area contributed by atoms with Crippen LogP contribution >= 0.6 is 0 Å². The summed E-state index contributed by atoms with van der Waals surface area (Å²) in [4.78, 5) is 0. The smallest absolute Gasteiger partial charge is 0.127 e. The molecule has 0 amide bonds. The maximum atomic E-state index is 12.7.